The number of phenolic OH excluding ortho intramolecular Hbond substituents is 2. The molecule has 0 amide bonds. The lowest BCUT2D eigenvalue weighted by atomic mass is 9.72. The maximum absolute atomic E-state index is 13.7. The van der Waals surface area contributed by atoms with Gasteiger partial charge in [-0.05, 0) is 19.9 Å². The van der Waals surface area contributed by atoms with Crippen molar-refractivity contribution in [3.8, 4) is 17.2 Å². The fourth-order valence-electron chi connectivity index (χ4n) is 5.94. The number of alkyl halides is 1. The van der Waals surface area contributed by atoms with Gasteiger partial charge in [0.25, 0.3) is 0 Å². The van der Waals surface area contributed by atoms with Crippen molar-refractivity contribution in [1.29, 1.82) is 0 Å². The van der Waals surface area contributed by atoms with E-state index < -0.39 is 76.6 Å². The molecule has 0 spiro atoms. The van der Waals surface area contributed by atoms with E-state index in [4.69, 9.17) is 25.8 Å². The van der Waals surface area contributed by atoms with E-state index in [-0.39, 0.29) is 46.1 Å². The Labute approximate surface area is 245 Å². The first-order valence-corrected chi connectivity index (χ1v) is 14.8. The van der Waals surface area contributed by atoms with Gasteiger partial charge in [-0.1, -0.05) is 12.1 Å². The number of benzene rings is 2. The van der Waals surface area contributed by atoms with E-state index in [1.54, 1.807) is 6.92 Å². The van der Waals surface area contributed by atoms with Crippen molar-refractivity contribution in [2.75, 3.05) is 18.7 Å². The molecule has 1 aliphatic heterocycles. The molecule has 41 heavy (non-hydrogen) atoms. The lowest BCUT2D eigenvalue weighted by Gasteiger charge is -2.42. The average Bonchev–Trinajstić information content (AvgIpc) is 2.93. The molecule has 0 bridgehead atoms. The Morgan fingerprint density at radius 1 is 1.17 bits per heavy atom. The number of hydrogen-bond donors (Lipinski definition) is 4. The van der Waals surface area contributed by atoms with Gasteiger partial charge in [0.15, 0.2) is 17.9 Å². The molecule has 4 N–H and O–H groups in total. The van der Waals surface area contributed by atoms with Gasteiger partial charge >= 0.3 is 0 Å². The zero-order chi connectivity index (χ0) is 29.8. The summed E-state index contributed by atoms with van der Waals surface area (Å²) in [5.41, 5.74) is -2.96. The van der Waals surface area contributed by atoms with E-state index in [9.17, 15) is 34.8 Å². The van der Waals surface area contributed by atoms with Crippen LogP contribution >= 0.6 is 23.4 Å². The molecule has 2 aromatic carbocycles. The lowest BCUT2D eigenvalue weighted by molar-refractivity contribution is -0.241. The van der Waals surface area contributed by atoms with Crippen molar-refractivity contribution in [2.45, 2.75) is 68.6 Å². The van der Waals surface area contributed by atoms with Crippen LogP contribution in [0.3, 0.4) is 0 Å². The quantitative estimate of drug-likeness (QED) is 0.231. The van der Waals surface area contributed by atoms with Crippen molar-refractivity contribution in [3.05, 3.63) is 51.6 Å². The van der Waals surface area contributed by atoms with Crippen LogP contribution in [0.1, 0.15) is 75.8 Å². The number of ether oxygens (including phenoxy) is 3. The van der Waals surface area contributed by atoms with E-state index in [0.29, 0.717) is 11.6 Å². The number of phenols is 2. The van der Waals surface area contributed by atoms with Gasteiger partial charge in [-0.25, -0.2) is 0 Å². The molecule has 0 aromatic heterocycles. The average molecular weight is 607 g/mol. The van der Waals surface area contributed by atoms with Crippen LogP contribution in [0.25, 0.3) is 0 Å². The summed E-state index contributed by atoms with van der Waals surface area (Å²) >= 11 is 7.30. The zero-order valence-electron chi connectivity index (χ0n) is 22.7. The highest BCUT2D eigenvalue weighted by Crippen LogP contribution is 2.52. The minimum atomic E-state index is -1.99. The summed E-state index contributed by atoms with van der Waals surface area (Å²) in [6, 6.07) is 4.46. The molecule has 1 saturated heterocycles. The Morgan fingerprint density at radius 2 is 1.88 bits per heavy atom. The number of carbonyl (C=O) groups excluding carboxylic acids is 3. The molecule has 1 fully saturated rings. The Kier molecular flexibility index (Phi) is 8.14. The summed E-state index contributed by atoms with van der Waals surface area (Å²) in [7, 11) is 1.35. The molecule has 220 valence electrons. The highest BCUT2D eigenvalue weighted by Gasteiger charge is 2.49. The number of ketones is 3. The number of hydrogen-bond acceptors (Lipinski definition) is 11. The summed E-state index contributed by atoms with van der Waals surface area (Å²) in [5.74, 6) is -2.14. The summed E-state index contributed by atoms with van der Waals surface area (Å²) in [4.78, 5) is 39.9. The smallest absolute Gasteiger partial charge is 0.202 e. The van der Waals surface area contributed by atoms with E-state index >= 15 is 0 Å². The normalized spacial score (nSPS) is 29.0. The van der Waals surface area contributed by atoms with Gasteiger partial charge in [-0.15, -0.1) is 11.6 Å². The molecule has 0 radical (unpaired) electrons. The predicted molar refractivity (Wildman–Crippen MR) is 149 cm³/mol. The summed E-state index contributed by atoms with van der Waals surface area (Å²) in [6.07, 6.45) is -4.03. The number of aliphatic hydroxyl groups excluding tert-OH is 1. The van der Waals surface area contributed by atoms with E-state index in [1.165, 1.54) is 44.0 Å². The molecule has 6 atom stereocenters. The molecular weight excluding hydrogens is 576 g/mol. The second kappa shape index (κ2) is 11.2. The zero-order valence-corrected chi connectivity index (χ0v) is 24.3. The van der Waals surface area contributed by atoms with Crippen LogP contribution in [0.5, 0.6) is 17.2 Å². The third kappa shape index (κ3) is 4.92. The number of halogens is 1. The van der Waals surface area contributed by atoms with Crippen molar-refractivity contribution in [2.24, 2.45) is 0 Å². The molecule has 2 aliphatic carbocycles. The molecule has 2 aromatic rings. The third-order valence-electron chi connectivity index (χ3n) is 8.11. The number of carbonyl (C=O) groups is 3. The topological polar surface area (TPSA) is 160 Å². The van der Waals surface area contributed by atoms with Crippen LogP contribution in [0.2, 0.25) is 0 Å². The fraction of sp³-hybridized carbons (Fsp3) is 0.483. The van der Waals surface area contributed by atoms with Gasteiger partial charge in [0, 0.05) is 52.8 Å². The Bertz CT molecular complexity index is 1430. The summed E-state index contributed by atoms with van der Waals surface area (Å²) in [5, 5.41) is 44.7. The monoisotopic (exact) mass is 606 g/mol. The Morgan fingerprint density at radius 3 is 2.54 bits per heavy atom. The Hall–Kier alpha value is -2.67. The molecular formula is C29H31ClO10S. The molecule has 3 aliphatic rings. The SMILES string of the molecule is COc1cccc2c1C(=O)c1c(O)c3c(c(O)c1C2=O)C[C@@](O)(C(C)=O)C[C@@H]3O[C@H]1C[C@H](SCCCl)[C@H](O)[C@H](C)O1. The number of aliphatic hydroxyl groups is 2. The van der Waals surface area contributed by atoms with Crippen molar-refractivity contribution < 1.29 is 49.0 Å². The van der Waals surface area contributed by atoms with Gasteiger partial charge in [0.2, 0.25) is 5.78 Å². The fourth-order valence-corrected chi connectivity index (χ4v) is 7.31. The van der Waals surface area contributed by atoms with Gasteiger partial charge in [-0.3, -0.25) is 14.4 Å². The predicted octanol–water partition coefficient (Wildman–Crippen LogP) is 3.04. The standard InChI is InChI=1S/C29H31ClO10S/c1-12-24(32)18(41-8-7-30)9-19(39-12)40-17-11-29(37,13(2)31)10-15-21(17)28(36)23-22(26(15)34)25(33)14-5-4-6-16(38-3)20(14)27(23)35/h4-6,12,17-19,24,32,34,36-37H,7-11H2,1-3H3/t12-,17-,18-,19-,24+,29-/m0/s1. The second-order valence-corrected chi connectivity index (χ2v) is 12.3. The van der Waals surface area contributed by atoms with E-state index in [2.05, 4.69) is 0 Å². The molecule has 1 heterocycles. The van der Waals surface area contributed by atoms with Crippen LogP contribution in [0.4, 0.5) is 0 Å². The molecule has 0 unspecified atom stereocenters. The third-order valence-corrected chi connectivity index (χ3v) is 9.86. The van der Waals surface area contributed by atoms with Gasteiger partial charge in [0.1, 0.15) is 22.8 Å². The van der Waals surface area contributed by atoms with Gasteiger partial charge in [-0.2, -0.15) is 11.8 Å². The van der Waals surface area contributed by atoms with Gasteiger partial charge in [0.05, 0.1) is 42.1 Å². The minimum Gasteiger partial charge on any atom is -0.507 e. The number of Topliss-reactive ketones (excluding diaryl/α,β-unsaturated/α-hetero) is 1. The van der Waals surface area contributed by atoms with Crippen LogP contribution in [0.15, 0.2) is 18.2 Å². The van der Waals surface area contributed by atoms with Crippen LogP contribution in [-0.2, 0) is 20.7 Å². The number of rotatable bonds is 7. The number of thioether (sulfide) groups is 1. The van der Waals surface area contributed by atoms with Crippen molar-refractivity contribution in [1.82, 2.24) is 0 Å². The summed E-state index contributed by atoms with van der Waals surface area (Å²) in [6.45, 7) is 2.88. The van der Waals surface area contributed by atoms with Crippen molar-refractivity contribution >= 4 is 40.7 Å². The first-order valence-electron chi connectivity index (χ1n) is 13.2. The van der Waals surface area contributed by atoms with Crippen molar-refractivity contribution in [3.63, 3.8) is 0 Å². The van der Waals surface area contributed by atoms with E-state index in [0.717, 1.165) is 0 Å². The largest absolute Gasteiger partial charge is 0.507 e. The highest BCUT2D eigenvalue weighted by atomic mass is 35.5. The summed E-state index contributed by atoms with van der Waals surface area (Å²) < 4.78 is 17.4. The van der Waals surface area contributed by atoms with Gasteiger partial charge < -0.3 is 34.6 Å². The molecule has 5 rings (SSSR count). The Balaban J connectivity index is 1.63. The van der Waals surface area contributed by atoms with Crippen LogP contribution < -0.4 is 4.74 Å². The maximum atomic E-state index is 13.7. The maximum Gasteiger partial charge on any atom is 0.202 e. The number of aromatic hydroxyl groups is 2. The van der Waals surface area contributed by atoms with Crippen LogP contribution in [0, 0.1) is 0 Å². The highest BCUT2D eigenvalue weighted by molar-refractivity contribution is 8.00. The number of fused-ring (bicyclic) bond motifs is 3. The first-order chi connectivity index (χ1) is 19.4. The lowest BCUT2D eigenvalue weighted by Crippen LogP contribution is -2.49. The molecule has 0 saturated carbocycles. The minimum absolute atomic E-state index is 0.00872. The van der Waals surface area contributed by atoms with Crippen LogP contribution in [-0.4, -0.2) is 85.9 Å². The number of methoxy groups -OCH3 is 1. The molecule has 10 nitrogen and oxygen atoms in total. The van der Waals surface area contributed by atoms with E-state index in [1.807, 2.05) is 0 Å². The first kappa shape index (κ1) is 29.8. The second-order valence-electron chi connectivity index (χ2n) is 10.6. The molecule has 12 heteroatoms.